The maximum Gasteiger partial charge on any atom is 0.232 e. The van der Waals surface area contributed by atoms with Gasteiger partial charge in [-0.25, -0.2) is 0 Å². The zero-order valence-electron chi connectivity index (χ0n) is 12.1. The van der Waals surface area contributed by atoms with Gasteiger partial charge in [-0.2, -0.15) is 4.98 Å². The number of carbonyl (C=O) groups is 1. The molecule has 18 heavy (non-hydrogen) atoms. The molecule has 1 aromatic heterocycles. The van der Waals surface area contributed by atoms with Crippen LogP contribution in [0.15, 0.2) is 4.52 Å². The number of carbonyl (C=O) groups excluding carboxylic acids is 1. The summed E-state index contributed by atoms with van der Waals surface area (Å²) in [6, 6.07) is 0. The van der Waals surface area contributed by atoms with Crippen LogP contribution in [0.1, 0.15) is 53.3 Å². The van der Waals surface area contributed by atoms with E-state index in [1.807, 2.05) is 41.5 Å². The summed E-state index contributed by atoms with van der Waals surface area (Å²) in [4.78, 5) is 16.0. The molecule has 1 rings (SSSR count). The molecular formula is C13H23N3O2. The third kappa shape index (κ3) is 4.13. The lowest BCUT2D eigenvalue weighted by Crippen LogP contribution is -2.36. The minimum absolute atomic E-state index is 0.0297. The van der Waals surface area contributed by atoms with Crippen LogP contribution < -0.4 is 5.32 Å². The second-order valence-electron chi connectivity index (χ2n) is 6.52. The van der Waals surface area contributed by atoms with E-state index in [0.717, 1.165) is 0 Å². The van der Waals surface area contributed by atoms with Crippen molar-refractivity contribution in [2.24, 2.45) is 5.41 Å². The van der Waals surface area contributed by atoms with Crippen LogP contribution in [0.25, 0.3) is 0 Å². The van der Waals surface area contributed by atoms with Gasteiger partial charge in [0.25, 0.3) is 0 Å². The van der Waals surface area contributed by atoms with Crippen molar-refractivity contribution in [2.45, 2.75) is 53.4 Å². The number of hydrogen-bond donors (Lipinski definition) is 1. The summed E-state index contributed by atoms with van der Waals surface area (Å²) in [7, 11) is 0. The highest BCUT2D eigenvalue weighted by molar-refractivity contribution is 5.81. The van der Waals surface area contributed by atoms with E-state index in [4.69, 9.17) is 4.52 Å². The molecule has 0 unspecified atom stereocenters. The van der Waals surface area contributed by atoms with Gasteiger partial charge in [-0.15, -0.1) is 0 Å². The molecule has 0 aliphatic heterocycles. The van der Waals surface area contributed by atoms with Crippen LogP contribution in [0.4, 0.5) is 0 Å². The topological polar surface area (TPSA) is 68.0 Å². The zero-order chi connectivity index (χ0) is 14.0. The van der Waals surface area contributed by atoms with Crippen molar-refractivity contribution in [1.82, 2.24) is 15.5 Å². The molecule has 102 valence electrons. The van der Waals surface area contributed by atoms with Crippen molar-refractivity contribution in [3.05, 3.63) is 11.7 Å². The summed E-state index contributed by atoms with van der Waals surface area (Å²) in [5.74, 6) is 1.29. The normalized spacial score (nSPS) is 12.6. The monoisotopic (exact) mass is 253 g/mol. The van der Waals surface area contributed by atoms with E-state index in [-0.39, 0.29) is 16.7 Å². The molecule has 0 radical (unpaired) electrons. The molecule has 0 atom stereocenters. The van der Waals surface area contributed by atoms with Crippen LogP contribution in [0.2, 0.25) is 0 Å². The summed E-state index contributed by atoms with van der Waals surface area (Å²) >= 11 is 0. The maximum atomic E-state index is 11.6. The number of hydrogen-bond acceptors (Lipinski definition) is 4. The summed E-state index contributed by atoms with van der Waals surface area (Å²) in [6.45, 7) is 12.2. The van der Waals surface area contributed by atoms with Crippen LogP contribution in [-0.4, -0.2) is 22.6 Å². The van der Waals surface area contributed by atoms with Gasteiger partial charge >= 0.3 is 0 Å². The lowest BCUT2D eigenvalue weighted by molar-refractivity contribution is -0.128. The molecule has 0 aromatic carbocycles. The van der Waals surface area contributed by atoms with Gasteiger partial charge in [-0.1, -0.05) is 46.7 Å². The van der Waals surface area contributed by atoms with Gasteiger partial charge in [-0.05, 0) is 0 Å². The van der Waals surface area contributed by atoms with Crippen molar-refractivity contribution in [3.8, 4) is 0 Å². The van der Waals surface area contributed by atoms with Crippen molar-refractivity contribution >= 4 is 5.91 Å². The average Bonchev–Trinajstić information content (AvgIpc) is 2.64. The fraction of sp³-hybridized carbons (Fsp3) is 0.769. The minimum atomic E-state index is -0.367. The number of rotatable bonds is 3. The Hall–Kier alpha value is -1.39. The molecule has 0 saturated heterocycles. The molecule has 1 heterocycles. The van der Waals surface area contributed by atoms with E-state index in [1.54, 1.807) is 0 Å². The van der Waals surface area contributed by atoms with Crippen molar-refractivity contribution in [2.75, 3.05) is 6.54 Å². The highest BCUT2D eigenvalue weighted by Gasteiger charge is 2.22. The van der Waals surface area contributed by atoms with Crippen LogP contribution in [0, 0.1) is 5.41 Å². The molecule has 1 aromatic rings. The fourth-order valence-electron chi connectivity index (χ4n) is 1.21. The predicted octanol–water partition coefficient (Wildman–Crippen LogP) is 2.07. The molecule has 0 spiro atoms. The van der Waals surface area contributed by atoms with E-state index in [0.29, 0.717) is 24.7 Å². The molecule has 0 aliphatic carbocycles. The zero-order valence-corrected chi connectivity index (χ0v) is 12.1. The fourth-order valence-corrected chi connectivity index (χ4v) is 1.21. The summed E-state index contributed by atoms with van der Waals surface area (Å²) < 4.78 is 5.18. The van der Waals surface area contributed by atoms with Crippen molar-refractivity contribution in [1.29, 1.82) is 0 Å². The minimum Gasteiger partial charge on any atom is -0.355 e. The second kappa shape index (κ2) is 5.08. The highest BCUT2D eigenvalue weighted by Crippen LogP contribution is 2.19. The highest BCUT2D eigenvalue weighted by atomic mass is 16.5. The van der Waals surface area contributed by atoms with E-state index < -0.39 is 0 Å². The van der Waals surface area contributed by atoms with Gasteiger partial charge in [0.1, 0.15) is 0 Å². The van der Waals surface area contributed by atoms with E-state index >= 15 is 0 Å². The average molecular weight is 253 g/mol. The number of nitrogens with one attached hydrogen (secondary N) is 1. The Bertz CT molecular complexity index is 411. The van der Waals surface area contributed by atoms with Crippen LogP contribution in [0.5, 0.6) is 0 Å². The Kier molecular flexibility index (Phi) is 4.14. The molecule has 0 saturated carbocycles. The number of amides is 1. The van der Waals surface area contributed by atoms with Crippen LogP contribution in [-0.2, 0) is 16.6 Å². The molecule has 5 heteroatoms. The SMILES string of the molecule is CC(C)(C)C(=O)NCCc1noc(C(C)(C)C)n1. The molecule has 5 nitrogen and oxygen atoms in total. The van der Waals surface area contributed by atoms with Crippen molar-refractivity contribution in [3.63, 3.8) is 0 Å². The largest absolute Gasteiger partial charge is 0.355 e. The first-order chi connectivity index (χ1) is 8.10. The number of nitrogens with zero attached hydrogens (tertiary/aromatic N) is 2. The number of aromatic nitrogens is 2. The van der Waals surface area contributed by atoms with Gasteiger partial charge in [0, 0.05) is 23.8 Å². The first kappa shape index (κ1) is 14.7. The Morgan fingerprint density at radius 3 is 2.28 bits per heavy atom. The Balaban J connectivity index is 2.46. The Labute approximate surface area is 108 Å². The van der Waals surface area contributed by atoms with Crippen LogP contribution >= 0.6 is 0 Å². The molecule has 1 N–H and O–H groups in total. The van der Waals surface area contributed by atoms with Crippen molar-refractivity contribution < 1.29 is 9.32 Å². The maximum absolute atomic E-state index is 11.6. The Morgan fingerprint density at radius 1 is 1.22 bits per heavy atom. The predicted molar refractivity (Wildman–Crippen MR) is 69.2 cm³/mol. The molecule has 0 bridgehead atoms. The second-order valence-corrected chi connectivity index (χ2v) is 6.52. The van der Waals surface area contributed by atoms with Gasteiger partial charge in [0.2, 0.25) is 11.8 Å². The van der Waals surface area contributed by atoms with Crippen LogP contribution in [0.3, 0.4) is 0 Å². The quantitative estimate of drug-likeness (QED) is 0.895. The smallest absolute Gasteiger partial charge is 0.232 e. The van der Waals surface area contributed by atoms with Gasteiger partial charge < -0.3 is 9.84 Å². The lowest BCUT2D eigenvalue weighted by atomic mass is 9.96. The molecular weight excluding hydrogens is 230 g/mol. The first-order valence-corrected chi connectivity index (χ1v) is 6.22. The summed E-state index contributed by atoms with van der Waals surface area (Å²) in [5, 5.41) is 6.76. The third-order valence-corrected chi connectivity index (χ3v) is 2.43. The first-order valence-electron chi connectivity index (χ1n) is 6.22. The van der Waals surface area contributed by atoms with Gasteiger partial charge in [-0.3, -0.25) is 4.79 Å². The Morgan fingerprint density at radius 2 is 1.83 bits per heavy atom. The third-order valence-electron chi connectivity index (χ3n) is 2.43. The molecule has 0 fully saturated rings. The summed E-state index contributed by atoms with van der Waals surface area (Å²) in [6.07, 6.45) is 0.585. The van der Waals surface area contributed by atoms with E-state index in [1.165, 1.54) is 0 Å². The molecule has 1 amide bonds. The lowest BCUT2D eigenvalue weighted by Gasteiger charge is -2.17. The van der Waals surface area contributed by atoms with Gasteiger partial charge in [0.15, 0.2) is 5.82 Å². The standard InChI is InChI=1S/C13H23N3O2/c1-12(2,3)10(17)14-8-7-9-15-11(18-16-9)13(4,5)6/h7-8H2,1-6H3,(H,14,17). The molecule has 0 aliphatic rings. The van der Waals surface area contributed by atoms with E-state index in [9.17, 15) is 4.79 Å². The van der Waals surface area contributed by atoms with E-state index in [2.05, 4.69) is 15.5 Å². The summed E-state index contributed by atoms with van der Waals surface area (Å²) in [5.41, 5.74) is -0.506. The van der Waals surface area contributed by atoms with Gasteiger partial charge in [0.05, 0.1) is 0 Å².